The van der Waals surface area contributed by atoms with Gasteiger partial charge in [-0.1, -0.05) is 60.7 Å². The van der Waals surface area contributed by atoms with Crippen molar-refractivity contribution in [1.29, 1.82) is 0 Å². The highest BCUT2D eigenvalue weighted by Gasteiger charge is 2.27. The van der Waals surface area contributed by atoms with Crippen LogP contribution in [0.2, 0.25) is 13.1 Å². The fourth-order valence-corrected chi connectivity index (χ4v) is 4.38. The van der Waals surface area contributed by atoms with Crippen molar-refractivity contribution in [3.8, 4) is 0 Å². The van der Waals surface area contributed by atoms with Crippen LogP contribution in [0.4, 0.5) is 0 Å². The molecule has 0 saturated carbocycles. The van der Waals surface area contributed by atoms with Crippen LogP contribution in [-0.2, 0) is 21.7 Å². The summed E-state index contributed by atoms with van der Waals surface area (Å²) < 4.78 is 5.76. The van der Waals surface area contributed by atoms with Crippen molar-refractivity contribution < 1.29 is 9.22 Å². The number of hydrogen-bond acceptors (Lipinski definition) is 2. The molecule has 0 fully saturated rings. The van der Waals surface area contributed by atoms with Gasteiger partial charge in [-0.3, -0.25) is 4.79 Å². The second-order valence-corrected chi connectivity index (χ2v) is 9.96. The smallest absolute Gasteiger partial charge is 0.292 e. The summed E-state index contributed by atoms with van der Waals surface area (Å²) in [7, 11) is -1.99. The van der Waals surface area contributed by atoms with Crippen LogP contribution in [0.3, 0.4) is 0 Å². The topological polar surface area (TPSA) is 26.3 Å². The van der Waals surface area contributed by atoms with E-state index in [9.17, 15) is 4.79 Å². The second kappa shape index (κ2) is 7.23. The zero-order valence-electron chi connectivity index (χ0n) is 12.7. The molecule has 0 amide bonds. The minimum atomic E-state index is -1.99. The van der Waals surface area contributed by atoms with E-state index in [1.54, 1.807) is 0 Å². The van der Waals surface area contributed by atoms with E-state index in [4.69, 9.17) is 4.43 Å². The van der Waals surface area contributed by atoms with E-state index >= 15 is 0 Å². The van der Waals surface area contributed by atoms with Crippen molar-refractivity contribution in [1.82, 2.24) is 0 Å². The summed E-state index contributed by atoms with van der Waals surface area (Å²) in [6, 6.07) is 21.2. The molecule has 0 aliphatic rings. The maximum atomic E-state index is 12.0. The van der Waals surface area contributed by atoms with Gasteiger partial charge in [0, 0.05) is 12.5 Å². The Morgan fingerprint density at radius 2 is 1.43 bits per heavy atom. The first-order chi connectivity index (χ1) is 10.1. The van der Waals surface area contributed by atoms with Crippen LogP contribution in [0.25, 0.3) is 0 Å². The molecule has 0 aliphatic heterocycles. The molecule has 110 valence electrons. The predicted molar refractivity (Wildman–Crippen MR) is 88.5 cm³/mol. The van der Waals surface area contributed by atoms with Gasteiger partial charge in [-0.25, -0.2) is 0 Å². The lowest BCUT2D eigenvalue weighted by Gasteiger charge is -2.23. The Kier molecular flexibility index (Phi) is 5.34. The van der Waals surface area contributed by atoms with E-state index in [0.717, 1.165) is 12.5 Å². The third kappa shape index (κ3) is 5.56. The predicted octanol–water partition coefficient (Wildman–Crippen LogP) is 4.15. The van der Waals surface area contributed by atoms with E-state index in [1.807, 2.05) is 48.5 Å². The molecule has 0 aliphatic carbocycles. The first-order valence-corrected chi connectivity index (χ1v) is 10.5. The van der Waals surface area contributed by atoms with Crippen molar-refractivity contribution in [3.63, 3.8) is 0 Å². The molecule has 0 spiro atoms. The lowest BCUT2D eigenvalue weighted by Crippen LogP contribution is -2.36. The summed E-state index contributed by atoms with van der Waals surface area (Å²) in [4.78, 5) is 12.0. The molecule has 0 bridgehead atoms. The largest absolute Gasteiger partial charge is 0.519 e. The van der Waals surface area contributed by atoms with Crippen LogP contribution >= 0.6 is 0 Å². The molecule has 2 aromatic carbocycles. The Balaban J connectivity index is 1.83. The van der Waals surface area contributed by atoms with Gasteiger partial charge >= 0.3 is 0 Å². The summed E-state index contributed by atoms with van der Waals surface area (Å²) in [6.45, 7) is 4.20. The molecule has 0 unspecified atom stereocenters. The minimum Gasteiger partial charge on any atom is -0.519 e. The van der Waals surface area contributed by atoms with Gasteiger partial charge in [-0.2, -0.15) is 0 Å². The van der Waals surface area contributed by atoms with Gasteiger partial charge in [0.05, 0.1) is 0 Å². The Morgan fingerprint density at radius 3 is 2.00 bits per heavy atom. The van der Waals surface area contributed by atoms with Crippen molar-refractivity contribution in [2.24, 2.45) is 0 Å². The van der Waals surface area contributed by atoms with E-state index < -0.39 is 8.32 Å². The summed E-state index contributed by atoms with van der Waals surface area (Å²) in [5.74, 6) is -0.0774. The number of hydrogen-bond donors (Lipinski definition) is 0. The van der Waals surface area contributed by atoms with Gasteiger partial charge < -0.3 is 4.43 Å². The molecule has 0 radical (unpaired) electrons. The minimum absolute atomic E-state index is 0.0774. The molecule has 0 aromatic heterocycles. The number of aryl methyl sites for hydroxylation is 1. The van der Waals surface area contributed by atoms with Crippen LogP contribution < -0.4 is 0 Å². The van der Waals surface area contributed by atoms with Crippen molar-refractivity contribution in [3.05, 3.63) is 71.8 Å². The molecule has 2 nitrogen and oxygen atoms in total. The van der Waals surface area contributed by atoms with Crippen LogP contribution in [-0.4, -0.2) is 14.3 Å². The SMILES string of the molecule is C[Si](C)(Cc1ccccc1)OC(=O)CCc1ccccc1. The quantitative estimate of drug-likeness (QED) is 0.749. The maximum absolute atomic E-state index is 12.0. The second-order valence-electron chi connectivity index (χ2n) is 5.88. The highest BCUT2D eigenvalue weighted by Crippen LogP contribution is 2.15. The van der Waals surface area contributed by atoms with E-state index in [-0.39, 0.29) is 5.97 Å². The summed E-state index contributed by atoms with van der Waals surface area (Å²) in [5, 5.41) is 0. The van der Waals surface area contributed by atoms with Gasteiger partial charge in [0.2, 0.25) is 0 Å². The molecule has 2 aromatic rings. The Bertz CT molecular complexity index is 564. The zero-order chi connectivity index (χ0) is 15.1. The molecule has 2 rings (SSSR count). The van der Waals surface area contributed by atoms with Crippen molar-refractivity contribution in [2.75, 3.05) is 0 Å². The normalized spacial score (nSPS) is 11.1. The fraction of sp³-hybridized carbons (Fsp3) is 0.278. The first kappa shape index (κ1) is 15.5. The van der Waals surface area contributed by atoms with E-state index in [2.05, 4.69) is 25.2 Å². The van der Waals surface area contributed by atoms with E-state index in [0.29, 0.717) is 6.42 Å². The highest BCUT2D eigenvalue weighted by molar-refractivity contribution is 6.72. The third-order valence-electron chi connectivity index (χ3n) is 3.32. The Hall–Kier alpha value is -1.87. The molecule has 0 N–H and O–H groups in total. The lowest BCUT2D eigenvalue weighted by molar-refractivity contribution is -0.135. The number of benzene rings is 2. The zero-order valence-corrected chi connectivity index (χ0v) is 13.7. The number of carbonyl (C=O) groups is 1. The van der Waals surface area contributed by atoms with Gasteiger partial charge in [-0.05, 0) is 30.6 Å². The Morgan fingerprint density at radius 1 is 0.905 bits per heavy atom. The van der Waals surface area contributed by atoms with Gasteiger partial charge in [-0.15, -0.1) is 0 Å². The number of rotatable bonds is 6. The summed E-state index contributed by atoms with van der Waals surface area (Å²) in [6.07, 6.45) is 1.20. The van der Waals surface area contributed by atoms with Gasteiger partial charge in [0.1, 0.15) is 0 Å². The standard InChI is InChI=1S/C18H22O2Si/c1-21(2,15-17-11-7-4-8-12-17)20-18(19)14-13-16-9-5-3-6-10-16/h3-12H,13-15H2,1-2H3. The molecule has 0 heterocycles. The summed E-state index contributed by atoms with van der Waals surface area (Å²) in [5.41, 5.74) is 2.42. The average Bonchev–Trinajstić information content (AvgIpc) is 2.46. The Labute approximate surface area is 127 Å². The summed E-state index contributed by atoms with van der Waals surface area (Å²) >= 11 is 0. The van der Waals surface area contributed by atoms with Crippen LogP contribution in [0.15, 0.2) is 60.7 Å². The molecule has 0 atom stereocenters. The van der Waals surface area contributed by atoms with E-state index in [1.165, 1.54) is 11.1 Å². The number of carbonyl (C=O) groups excluding carboxylic acids is 1. The lowest BCUT2D eigenvalue weighted by atomic mass is 10.1. The maximum Gasteiger partial charge on any atom is 0.292 e. The first-order valence-electron chi connectivity index (χ1n) is 7.35. The average molecular weight is 298 g/mol. The third-order valence-corrected chi connectivity index (χ3v) is 5.36. The molecule has 21 heavy (non-hydrogen) atoms. The van der Waals surface area contributed by atoms with Crippen LogP contribution in [0, 0.1) is 0 Å². The molecule has 0 saturated heterocycles. The highest BCUT2D eigenvalue weighted by atomic mass is 28.4. The van der Waals surface area contributed by atoms with Crippen molar-refractivity contribution >= 4 is 14.3 Å². The fourth-order valence-electron chi connectivity index (χ4n) is 2.37. The van der Waals surface area contributed by atoms with Crippen molar-refractivity contribution in [2.45, 2.75) is 32.0 Å². The van der Waals surface area contributed by atoms with Gasteiger partial charge in [0.15, 0.2) is 0 Å². The monoisotopic (exact) mass is 298 g/mol. The molecule has 3 heteroatoms. The van der Waals surface area contributed by atoms with Crippen LogP contribution in [0.1, 0.15) is 17.5 Å². The van der Waals surface area contributed by atoms with Gasteiger partial charge in [0.25, 0.3) is 14.3 Å². The molecular formula is C18H22O2Si. The molecular weight excluding hydrogens is 276 g/mol. The van der Waals surface area contributed by atoms with Crippen LogP contribution in [0.5, 0.6) is 0 Å².